The summed E-state index contributed by atoms with van der Waals surface area (Å²) in [6, 6.07) is 0. The number of methoxy groups -OCH3 is 1. The van der Waals surface area contributed by atoms with E-state index in [1.165, 1.54) is 7.11 Å². The Morgan fingerprint density at radius 2 is 2.31 bits per heavy atom. The first-order valence-electron chi connectivity index (χ1n) is 5.17. The van der Waals surface area contributed by atoms with Gasteiger partial charge in [-0.05, 0) is 12.3 Å². The summed E-state index contributed by atoms with van der Waals surface area (Å²) in [4.78, 5) is 22.6. The Labute approximate surface area is 99.4 Å². The lowest BCUT2D eigenvalue weighted by molar-refractivity contribution is -0.140. The van der Waals surface area contributed by atoms with Crippen LogP contribution in [0, 0.1) is 5.92 Å². The Kier molecular flexibility index (Phi) is 5.02. The monoisotopic (exact) mass is 249 g/mol. The fourth-order valence-electron chi connectivity index (χ4n) is 1.53. The highest BCUT2D eigenvalue weighted by Crippen LogP contribution is 2.19. The maximum Gasteiger partial charge on any atom is 0.325 e. The molecular weight excluding hydrogens is 234 g/mol. The summed E-state index contributed by atoms with van der Waals surface area (Å²) in [6.07, 6.45) is 0.445. The van der Waals surface area contributed by atoms with Gasteiger partial charge in [-0.3, -0.25) is 9.59 Å². The topological polar surface area (TPSA) is 64.6 Å². The van der Waals surface area contributed by atoms with Crippen molar-refractivity contribution in [2.45, 2.75) is 24.8 Å². The van der Waals surface area contributed by atoms with E-state index in [1.807, 2.05) is 6.92 Å². The van der Waals surface area contributed by atoms with Gasteiger partial charge < -0.3 is 14.8 Å². The predicted octanol–water partition coefficient (Wildman–Crippen LogP) is 0.308. The molecule has 1 N–H and O–H groups in total. The molecule has 1 rings (SSSR count). The van der Waals surface area contributed by atoms with E-state index in [-0.39, 0.29) is 18.4 Å². The van der Waals surface area contributed by atoms with Crippen LogP contribution >= 0.6 is 11.6 Å². The van der Waals surface area contributed by atoms with Gasteiger partial charge >= 0.3 is 5.97 Å². The molecule has 1 heterocycles. The van der Waals surface area contributed by atoms with E-state index in [4.69, 9.17) is 16.3 Å². The van der Waals surface area contributed by atoms with Crippen LogP contribution in [-0.4, -0.2) is 43.6 Å². The summed E-state index contributed by atoms with van der Waals surface area (Å²) in [7, 11) is 1.25. The second kappa shape index (κ2) is 6.06. The molecule has 92 valence electrons. The Morgan fingerprint density at radius 3 is 2.81 bits per heavy atom. The Bertz CT molecular complexity index is 272. The molecule has 0 radical (unpaired) electrons. The van der Waals surface area contributed by atoms with Crippen molar-refractivity contribution in [2.75, 3.05) is 20.3 Å². The van der Waals surface area contributed by atoms with Gasteiger partial charge in [0, 0.05) is 13.2 Å². The van der Waals surface area contributed by atoms with Gasteiger partial charge in [0.25, 0.3) is 0 Å². The third-order valence-electron chi connectivity index (χ3n) is 2.56. The van der Waals surface area contributed by atoms with E-state index < -0.39 is 17.5 Å². The first-order chi connectivity index (χ1) is 7.56. The van der Waals surface area contributed by atoms with E-state index in [9.17, 15) is 9.59 Å². The van der Waals surface area contributed by atoms with Crippen LogP contribution < -0.4 is 5.32 Å². The van der Waals surface area contributed by atoms with E-state index in [0.717, 1.165) is 6.42 Å². The minimum absolute atomic E-state index is 0.0552. The molecule has 3 unspecified atom stereocenters. The number of rotatable bonds is 4. The fraction of sp³-hybridized carbons (Fsp3) is 0.800. The van der Waals surface area contributed by atoms with Crippen LogP contribution in [0.15, 0.2) is 0 Å². The lowest BCUT2D eigenvalue weighted by Gasteiger charge is -2.15. The molecule has 1 aliphatic rings. The van der Waals surface area contributed by atoms with Crippen molar-refractivity contribution in [3.05, 3.63) is 0 Å². The van der Waals surface area contributed by atoms with Gasteiger partial charge in [-0.1, -0.05) is 6.92 Å². The van der Waals surface area contributed by atoms with Crippen LogP contribution in [0.3, 0.4) is 0 Å². The van der Waals surface area contributed by atoms with Crippen molar-refractivity contribution in [1.29, 1.82) is 0 Å². The Hall–Kier alpha value is -0.810. The number of esters is 1. The number of nitrogens with one attached hydrogen (secondary N) is 1. The molecule has 1 fully saturated rings. The predicted molar refractivity (Wildman–Crippen MR) is 58.2 cm³/mol. The van der Waals surface area contributed by atoms with Crippen LogP contribution in [-0.2, 0) is 19.1 Å². The van der Waals surface area contributed by atoms with Gasteiger partial charge in [0.15, 0.2) is 0 Å². The highest BCUT2D eigenvalue weighted by molar-refractivity contribution is 6.30. The summed E-state index contributed by atoms with van der Waals surface area (Å²) in [5, 5.41) is 1.72. The van der Waals surface area contributed by atoms with Gasteiger partial charge in [-0.2, -0.15) is 0 Å². The van der Waals surface area contributed by atoms with E-state index in [2.05, 4.69) is 10.1 Å². The zero-order chi connectivity index (χ0) is 12.1. The third-order valence-corrected chi connectivity index (χ3v) is 2.89. The molecule has 0 saturated carbocycles. The van der Waals surface area contributed by atoms with Gasteiger partial charge in [0.2, 0.25) is 5.91 Å². The number of carbonyl (C=O) groups is 2. The SMILES string of the molecule is COC(=O)C(Cl)CNC(=O)C1OCCC1C. The van der Waals surface area contributed by atoms with Crippen molar-refractivity contribution < 1.29 is 19.1 Å². The van der Waals surface area contributed by atoms with Crippen LogP contribution in [0.4, 0.5) is 0 Å². The van der Waals surface area contributed by atoms with E-state index in [1.54, 1.807) is 0 Å². The molecule has 0 aromatic carbocycles. The van der Waals surface area contributed by atoms with Gasteiger partial charge in [-0.25, -0.2) is 0 Å². The lowest BCUT2D eigenvalue weighted by Crippen LogP contribution is -2.41. The fourth-order valence-corrected chi connectivity index (χ4v) is 1.70. The largest absolute Gasteiger partial charge is 0.468 e. The van der Waals surface area contributed by atoms with E-state index in [0.29, 0.717) is 6.61 Å². The molecule has 3 atom stereocenters. The number of halogens is 1. The first kappa shape index (κ1) is 13.3. The number of ether oxygens (including phenoxy) is 2. The third kappa shape index (κ3) is 3.35. The summed E-state index contributed by atoms with van der Waals surface area (Å²) >= 11 is 5.69. The molecule has 16 heavy (non-hydrogen) atoms. The maximum atomic E-state index is 11.6. The summed E-state index contributed by atoms with van der Waals surface area (Å²) in [5.41, 5.74) is 0. The summed E-state index contributed by atoms with van der Waals surface area (Å²) in [5.74, 6) is -0.575. The average Bonchev–Trinajstić information content (AvgIpc) is 2.70. The quantitative estimate of drug-likeness (QED) is 0.575. The normalized spacial score (nSPS) is 26.2. The minimum Gasteiger partial charge on any atom is -0.468 e. The lowest BCUT2D eigenvalue weighted by atomic mass is 10.0. The van der Waals surface area contributed by atoms with Crippen LogP contribution in [0.2, 0.25) is 0 Å². The van der Waals surface area contributed by atoms with E-state index >= 15 is 0 Å². The molecule has 0 aromatic heterocycles. The average molecular weight is 250 g/mol. The van der Waals surface area contributed by atoms with Crippen molar-refractivity contribution in [2.24, 2.45) is 5.92 Å². The maximum absolute atomic E-state index is 11.6. The molecule has 0 aromatic rings. The van der Waals surface area contributed by atoms with Crippen LogP contribution in [0.25, 0.3) is 0 Å². The number of carbonyl (C=O) groups excluding carboxylic acids is 2. The van der Waals surface area contributed by atoms with Crippen molar-refractivity contribution in [1.82, 2.24) is 5.32 Å². The Balaban J connectivity index is 2.32. The molecule has 0 spiro atoms. The number of hydrogen-bond acceptors (Lipinski definition) is 4. The molecule has 1 aliphatic heterocycles. The Morgan fingerprint density at radius 1 is 1.62 bits per heavy atom. The van der Waals surface area contributed by atoms with Gasteiger partial charge in [-0.15, -0.1) is 11.6 Å². The smallest absolute Gasteiger partial charge is 0.325 e. The second-order valence-corrected chi connectivity index (χ2v) is 4.32. The van der Waals surface area contributed by atoms with Gasteiger partial charge in [0.1, 0.15) is 11.5 Å². The summed E-state index contributed by atoms with van der Waals surface area (Å²) < 4.78 is 9.71. The number of alkyl halides is 1. The zero-order valence-corrected chi connectivity index (χ0v) is 10.1. The van der Waals surface area contributed by atoms with Crippen molar-refractivity contribution in [3.63, 3.8) is 0 Å². The standard InChI is InChI=1S/C10H16ClNO4/c1-6-3-4-16-8(6)9(13)12-5-7(11)10(14)15-2/h6-8H,3-5H2,1-2H3,(H,12,13). The molecule has 5 nitrogen and oxygen atoms in total. The molecule has 1 saturated heterocycles. The summed E-state index contributed by atoms with van der Waals surface area (Å²) in [6.45, 7) is 2.61. The molecule has 1 amide bonds. The first-order valence-corrected chi connectivity index (χ1v) is 5.61. The highest BCUT2D eigenvalue weighted by Gasteiger charge is 2.31. The van der Waals surface area contributed by atoms with Crippen LogP contribution in [0.1, 0.15) is 13.3 Å². The molecule has 0 aliphatic carbocycles. The van der Waals surface area contributed by atoms with Gasteiger partial charge in [0.05, 0.1) is 7.11 Å². The number of amides is 1. The second-order valence-electron chi connectivity index (χ2n) is 3.79. The molecular formula is C10H16ClNO4. The molecule has 6 heteroatoms. The van der Waals surface area contributed by atoms with Crippen molar-refractivity contribution >= 4 is 23.5 Å². The highest BCUT2D eigenvalue weighted by atomic mass is 35.5. The van der Waals surface area contributed by atoms with Crippen LogP contribution in [0.5, 0.6) is 0 Å². The zero-order valence-electron chi connectivity index (χ0n) is 9.36. The molecule has 0 bridgehead atoms. The number of hydrogen-bond donors (Lipinski definition) is 1. The minimum atomic E-state index is -0.856. The van der Waals surface area contributed by atoms with Crippen molar-refractivity contribution in [3.8, 4) is 0 Å².